The molecule has 1 unspecified atom stereocenters. The zero-order valence-corrected chi connectivity index (χ0v) is 9.21. The number of nitrogens with one attached hydrogen (secondary N) is 1. The van der Waals surface area contributed by atoms with E-state index >= 15 is 0 Å². The second-order valence-corrected chi connectivity index (χ2v) is 3.33. The molecule has 0 saturated heterocycles. The number of hydrogen-bond donors (Lipinski definition) is 2. The van der Waals surface area contributed by atoms with Crippen molar-refractivity contribution in [1.82, 2.24) is 5.32 Å². The largest absolute Gasteiger partial charge is 0.480 e. The molecule has 5 nitrogen and oxygen atoms in total. The van der Waals surface area contributed by atoms with Gasteiger partial charge in [-0.2, -0.15) is 13.2 Å². The second kappa shape index (κ2) is 7.10. The lowest BCUT2D eigenvalue weighted by Crippen LogP contribution is -2.45. The summed E-state index contributed by atoms with van der Waals surface area (Å²) in [5.74, 6) is -2.61. The minimum absolute atomic E-state index is 0.282. The molecule has 0 aromatic carbocycles. The fourth-order valence-electron chi connectivity index (χ4n) is 0.977. The molecule has 0 aliphatic rings. The van der Waals surface area contributed by atoms with Gasteiger partial charge in [-0.05, 0) is 6.42 Å². The van der Waals surface area contributed by atoms with Crippen LogP contribution in [0.15, 0.2) is 0 Å². The number of halogens is 3. The molecule has 0 fully saturated rings. The van der Waals surface area contributed by atoms with Crippen LogP contribution in [0.1, 0.15) is 19.8 Å². The number of aliphatic carboxylic acids is 1. The summed E-state index contributed by atoms with van der Waals surface area (Å²) in [6, 6.07) is -1.98. The van der Waals surface area contributed by atoms with E-state index in [0.29, 0.717) is 6.42 Å². The average molecular weight is 257 g/mol. The van der Waals surface area contributed by atoms with Crippen molar-refractivity contribution in [2.45, 2.75) is 32.0 Å². The van der Waals surface area contributed by atoms with Crippen LogP contribution in [0.5, 0.6) is 0 Å². The molecule has 0 radical (unpaired) electrons. The van der Waals surface area contributed by atoms with Gasteiger partial charge in [-0.3, -0.25) is 4.79 Å². The van der Waals surface area contributed by atoms with Gasteiger partial charge in [0, 0.05) is 6.61 Å². The van der Waals surface area contributed by atoms with Crippen molar-refractivity contribution in [3.8, 4) is 0 Å². The van der Waals surface area contributed by atoms with Gasteiger partial charge < -0.3 is 15.2 Å². The van der Waals surface area contributed by atoms with Gasteiger partial charge in [0.05, 0.1) is 6.42 Å². The van der Waals surface area contributed by atoms with Crippen molar-refractivity contribution < 1.29 is 32.6 Å². The monoisotopic (exact) mass is 257 g/mol. The van der Waals surface area contributed by atoms with Crippen LogP contribution in [0, 0.1) is 0 Å². The number of carbonyl (C=O) groups is 2. The van der Waals surface area contributed by atoms with Gasteiger partial charge >= 0.3 is 12.1 Å². The average Bonchev–Trinajstić information content (AvgIpc) is 2.15. The predicted octanol–water partition coefficient (Wildman–Crippen LogP) is 0.935. The van der Waals surface area contributed by atoms with Crippen molar-refractivity contribution in [3.63, 3.8) is 0 Å². The SMILES string of the molecule is CCCOCC(=O)NC(CC(F)(F)F)C(=O)O. The van der Waals surface area contributed by atoms with Crippen LogP contribution in [0.2, 0.25) is 0 Å². The first-order chi connectivity index (χ1) is 7.76. The number of alkyl halides is 3. The Bertz CT molecular complexity index is 267. The third-order valence-corrected chi connectivity index (χ3v) is 1.65. The zero-order chi connectivity index (χ0) is 13.5. The first-order valence-electron chi connectivity index (χ1n) is 4.93. The Labute approximate surface area is 95.9 Å². The molecule has 2 N–H and O–H groups in total. The van der Waals surface area contributed by atoms with E-state index in [2.05, 4.69) is 0 Å². The molecule has 0 rings (SSSR count). The number of amides is 1. The minimum atomic E-state index is -4.65. The maximum absolute atomic E-state index is 12.0. The summed E-state index contributed by atoms with van der Waals surface area (Å²) in [6.07, 6.45) is -5.61. The van der Waals surface area contributed by atoms with Crippen molar-refractivity contribution in [2.24, 2.45) is 0 Å². The van der Waals surface area contributed by atoms with Gasteiger partial charge in [-0.25, -0.2) is 4.79 Å². The Balaban J connectivity index is 4.17. The molecule has 1 amide bonds. The Morgan fingerprint density at radius 3 is 2.41 bits per heavy atom. The molecule has 0 aliphatic heterocycles. The summed E-state index contributed by atoms with van der Waals surface area (Å²) in [5, 5.41) is 10.2. The van der Waals surface area contributed by atoms with Crippen molar-refractivity contribution in [1.29, 1.82) is 0 Å². The minimum Gasteiger partial charge on any atom is -0.480 e. The van der Waals surface area contributed by atoms with E-state index in [9.17, 15) is 22.8 Å². The van der Waals surface area contributed by atoms with Crippen LogP contribution in [0.25, 0.3) is 0 Å². The molecule has 0 aliphatic carbocycles. The van der Waals surface area contributed by atoms with E-state index in [-0.39, 0.29) is 6.61 Å². The van der Waals surface area contributed by atoms with E-state index in [1.807, 2.05) is 0 Å². The fourth-order valence-corrected chi connectivity index (χ4v) is 0.977. The molecule has 17 heavy (non-hydrogen) atoms. The van der Waals surface area contributed by atoms with E-state index in [0.717, 1.165) is 0 Å². The summed E-state index contributed by atoms with van der Waals surface area (Å²) >= 11 is 0. The van der Waals surface area contributed by atoms with Gasteiger partial charge in [0.25, 0.3) is 0 Å². The molecule has 1 atom stereocenters. The lowest BCUT2D eigenvalue weighted by Gasteiger charge is -2.16. The van der Waals surface area contributed by atoms with Crippen molar-refractivity contribution >= 4 is 11.9 Å². The normalized spacial score (nSPS) is 13.2. The number of carboxylic acids is 1. The van der Waals surface area contributed by atoms with E-state index in [1.165, 1.54) is 0 Å². The van der Waals surface area contributed by atoms with Crippen LogP contribution in [-0.4, -0.2) is 42.4 Å². The Morgan fingerprint density at radius 2 is 2.00 bits per heavy atom. The van der Waals surface area contributed by atoms with Crippen LogP contribution < -0.4 is 5.32 Å². The standard InChI is InChI=1S/C9H14F3NO4/c1-2-3-17-5-7(14)13-6(8(15)16)4-9(10,11)12/h6H,2-5H2,1H3,(H,13,14)(H,15,16). The summed E-state index contributed by atoms with van der Waals surface area (Å²) < 4.78 is 40.7. The summed E-state index contributed by atoms with van der Waals surface area (Å²) in [5.41, 5.74) is 0. The van der Waals surface area contributed by atoms with Crippen LogP contribution in [-0.2, 0) is 14.3 Å². The van der Waals surface area contributed by atoms with Crippen LogP contribution in [0.4, 0.5) is 13.2 Å². The van der Waals surface area contributed by atoms with Crippen molar-refractivity contribution in [2.75, 3.05) is 13.2 Å². The highest BCUT2D eigenvalue weighted by Crippen LogP contribution is 2.21. The van der Waals surface area contributed by atoms with Gasteiger partial charge in [0.15, 0.2) is 0 Å². The molecular weight excluding hydrogens is 243 g/mol. The molecule has 0 heterocycles. The summed E-state index contributed by atoms with van der Waals surface area (Å²) in [6.45, 7) is 1.63. The highest BCUT2D eigenvalue weighted by Gasteiger charge is 2.36. The molecule has 100 valence electrons. The Kier molecular flexibility index (Phi) is 6.55. The number of carboxylic acid groups (broad SMARTS) is 1. The predicted molar refractivity (Wildman–Crippen MR) is 51.3 cm³/mol. The molecule has 0 saturated carbocycles. The molecule has 0 aromatic heterocycles. The van der Waals surface area contributed by atoms with Gasteiger partial charge in [-0.1, -0.05) is 6.92 Å². The third-order valence-electron chi connectivity index (χ3n) is 1.65. The van der Waals surface area contributed by atoms with E-state index < -0.39 is 37.1 Å². The lowest BCUT2D eigenvalue weighted by molar-refractivity contribution is -0.160. The maximum Gasteiger partial charge on any atom is 0.391 e. The van der Waals surface area contributed by atoms with Crippen LogP contribution in [0.3, 0.4) is 0 Å². The first kappa shape index (κ1) is 15.7. The Morgan fingerprint density at radius 1 is 1.41 bits per heavy atom. The topological polar surface area (TPSA) is 75.6 Å². The Hall–Kier alpha value is -1.31. The summed E-state index contributed by atoms with van der Waals surface area (Å²) in [4.78, 5) is 21.5. The highest BCUT2D eigenvalue weighted by molar-refractivity contribution is 5.84. The van der Waals surface area contributed by atoms with Gasteiger partial charge in [0.2, 0.25) is 5.91 Å². The summed E-state index contributed by atoms with van der Waals surface area (Å²) in [7, 11) is 0. The fraction of sp³-hybridized carbons (Fsp3) is 0.778. The molecule has 0 bridgehead atoms. The number of hydrogen-bond acceptors (Lipinski definition) is 3. The second-order valence-electron chi connectivity index (χ2n) is 3.33. The number of ether oxygens (including phenoxy) is 1. The van der Waals surface area contributed by atoms with Crippen molar-refractivity contribution in [3.05, 3.63) is 0 Å². The number of carbonyl (C=O) groups excluding carboxylic acids is 1. The third kappa shape index (κ3) is 8.49. The highest BCUT2D eigenvalue weighted by atomic mass is 19.4. The lowest BCUT2D eigenvalue weighted by atomic mass is 10.2. The van der Waals surface area contributed by atoms with Crippen LogP contribution >= 0.6 is 0 Å². The first-order valence-corrected chi connectivity index (χ1v) is 4.93. The van der Waals surface area contributed by atoms with E-state index in [1.54, 1.807) is 12.2 Å². The molecule has 0 spiro atoms. The molecule has 8 heteroatoms. The van der Waals surface area contributed by atoms with E-state index in [4.69, 9.17) is 9.84 Å². The smallest absolute Gasteiger partial charge is 0.391 e. The maximum atomic E-state index is 12.0. The van der Waals surface area contributed by atoms with Gasteiger partial charge in [0.1, 0.15) is 12.6 Å². The quantitative estimate of drug-likeness (QED) is 0.665. The molecule has 0 aromatic rings. The molecular formula is C9H14F3NO4. The zero-order valence-electron chi connectivity index (χ0n) is 9.21. The van der Waals surface area contributed by atoms with Gasteiger partial charge in [-0.15, -0.1) is 0 Å². The number of rotatable bonds is 7.